The van der Waals surface area contributed by atoms with E-state index in [9.17, 15) is 14.7 Å². The lowest BCUT2D eigenvalue weighted by atomic mass is 10.0. The molecule has 0 bridgehead atoms. The number of amides is 1. The number of rotatable bonds is 6. The van der Waals surface area contributed by atoms with Gasteiger partial charge in [-0.25, -0.2) is 4.79 Å². The zero-order valence-corrected chi connectivity index (χ0v) is 15.5. The standard InChI is InChI=1S/C19H15Cl2N3O3/c20-13-6-11-5-12(19(26)27)7-16(18(11)15(21)8-13)23-10-17(25)24-9-14-3-1-2-4-22-14/h1-8,23H,9-10H2,(H,24,25)(H,26,27). The topological polar surface area (TPSA) is 91.3 Å². The zero-order valence-electron chi connectivity index (χ0n) is 14.0. The second-order valence-electron chi connectivity index (χ2n) is 5.77. The van der Waals surface area contributed by atoms with Gasteiger partial charge in [-0.1, -0.05) is 29.3 Å². The van der Waals surface area contributed by atoms with E-state index in [1.54, 1.807) is 30.5 Å². The summed E-state index contributed by atoms with van der Waals surface area (Å²) < 4.78 is 0. The molecule has 3 rings (SSSR count). The van der Waals surface area contributed by atoms with Crippen LogP contribution in [-0.2, 0) is 11.3 Å². The average Bonchev–Trinajstić information content (AvgIpc) is 2.64. The van der Waals surface area contributed by atoms with Crippen LogP contribution in [0.4, 0.5) is 5.69 Å². The van der Waals surface area contributed by atoms with E-state index in [2.05, 4.69) is 15.6 Å². The van der Waals surface area contributed by atoms with E-state index < -0.39 is 5.97 Å². The molecule has 0 aliphatic carbocycles. The van der Waals surface area contributed by atoms with Gasteiger partial charge in [0.2, 0.25) is 5.91 Å². The largest absolute Gasteiger partial charge is 0.478 e. The molecule has 0 fully saturated rings. The number of carboxylic acid groups (broad SMARTS) is 1. The van der Waals surface area contributed by atoms with Crippen molar-refractivity contribution in [3.05, 3.63) is 70.0 Å². The smallest absolute Gasteiger partial charge is 0.335 e. The predicted molar refractivity (Wildman–Crippen MR) is 106 cm³/mol. The van der Waals surface area contributed by atoms with Gasteiger partial charge in [0.25, 0.3) is 0 Å². The highest BCUT2D eigenvalue weighted by molar-refractivity contribution is 6.39. The normalized spacial score (nSPS) is 10.6. The van der Waals surface area contributed by atoms with Gasteiger partial charge in [0.15, 0.2) is 0 Å². The average molecular weight is 404 g/mol. The van der Waals surface area contributed by atoms with Crippen molar-refractivity contribution in [1.82, 2.24) is 10.3 Å². The molecular weight excluding hydrogens is 389 g/mol. The fourth-order valence-electron chi connectivity index (χ4n) is 2.62. The Labute approximate surface area is 165 Å². The van der Waals surface area contributed by atoms with Gasteiger partial charge >= 0.3 is 5.97 Å². The Balaban J connectivity index is 1.79. The van der Waals surface area contributed by atoms with Crippen molar-refractivity contribution >= 4 is 51.5 Å². The van der Waals surface area contributed by atoms with Crippen molar-refractivity contribution in [1.29, 1.82) is 0 Å². The third kappa shape index (κ3) is 4.67. The molecule has 2 aromatic carbocycles. The zero-order chi connectivity index (χ0) is 19.4. The van der Waals surface area contributed by atoms with Crippen molar-refractivity contribution in [3.8, 4) is 0 Å². The summed E-state index contributed by atoms with van der Waals surface area (Å²) in [6, 6.07) is 11.6. The van der Waals surface area contributed by atoms with Crippen LogP contribution < -0.4 is 10.6 Å². The number of hydrogen-bond acceptors (Lipinski definition) is 4. The molecule has 27 heavy (non-hydrogen) atoms. The summed E-state index contributed by atoms with van der Waals surface area (Å²) in [4.78, 5) is 27.6. The Hall–Kier alpha value is -2.83. The summed E-state index contributed by atoms with van der Waals surface area (Å²) in [5.41, 5.74) is 1.25. The van der Waals surface area contributed by atoms with Crippen molar-refractivity contribution in [2.45, 2.75) is 6.54 Å². The van der Waals surface area contributed by atoms with Gasteiger partial charge in [-0.2, -0.15) is 0 Å². The van der Waals surface area contributed by atoms with Gasteiger partial charge in [0.1, 0.15) is 0 Å². The molecule has 1 amide bonds. The molecule has 6 nitrogen and oxygen atoms in total. The number of aromatic nitrogens is 1. The van der Waals surface area contributed by atoms with Crippen molar-refractivity contribution in [3.63, 3.8) is 0 Å². The molecule has 3 N–H and O–H groups in total. The molecule has 1 aromatic heterocycles. The third-order valence-corrected chi connectivity index (χ3v) is 4.36. The predicted octanol–water partition coefficient (Wildman–Crippen LogP) is 3.97. The summed E-state index contributed by atoms with van der Waals surface area (Å²) >= 11 is 12.3. The van der Waals surface area contributed by atoms with E-state index >= 15 is 0 Å². The summed E-state index contributed by atoms with van der Waals surface area (Å²) in [7, 11) is 0. The molecule has 0 unspecified atom stereocenters. The number of carboxylic acids is 1. The molecule has 0 saturated carbocycles. The maximum Gasteiger partial charge on any atom is 0.335 e. The number of benzene rings is 2. The fourth-order valence-corrected chi connectivity index (χ4v) is 3.23. The number of carbonyl (C=O) groups excluding carboxylic acids is 1. The maximum absolute atomic E-state index is 12.1. The number of nitrogens with zero attached hydrogens (tertiary/aromatic N) is 1. The number of fused-ring (bicyclic) bond motifs is 1. The van der Waals surface area contributed by atoms with E-state index in [1.165, 1.54) is 12.1 Å². The number of pyridine rings is 1. The monoisotopic (exact) mass is 403 g/mol. The van der Waals surface area contributed by atoms with E-state index in [4.69, 9.17) is 23.2 Å². The molecule has 3 aromatic rings. The van der Waals surface area contributed by atoms with Crippen LogP contribution in [0.15, 0.2) is 48.7 Å². The second-order valence-corrected chi connectivity index (χ2v) is 6.61. The van der Waals surface area contributed by atoms with Gasteiger partial charge in [-0.15, -0.1) is 0 Å². The quantitative estimate of drug-likeness (QED) is 0.579. The maximum atomic E-state index is 12.1. The Kier molecular flexibility index (Phi) is 5.78. The minimum atomic E-state index is -1.09. The van der Waals surface area contributed by atoms with Gasteiger partial charge in [0, 0.05) is 22.3 Å². The molecule has 1 heterocycles. The van der Waals surface area contributed by atoms with Gasteiger partial charge in [-0.05, 0) is 41.8 Å². The van der Waals surface area contributed by atoms with Crippen LogP contribution in [0.3, 0.4) is 0 Å². The van der Waals surface area contributed by atoms with Crippen molar-refractivity contribution in [2.75, 3.05) is 11.9 Å². The molecule has 0 radical (unpaired) electrons. The summed E-state index contributed by atoms with van der Waals surface area (Å²) in [6.45, 7) is 0.248. The van der Waals surface area contributed by atoms with Crippen LogP contribution in [0.25, 0.3) is 10.8 Å². The first-order chi connectivity index (χ1) is 12.9. The first-order valence-electron chi connectivity index (χ1n) is 8.00. The number of carbonyl (C=O) groups is 2. The van der Waals surface area contributed by atoms with Crippen LogP contribution in [0.2, 0.25) is 10.0 Å². The van der Waals surface area contributed by atoms with Gasteiger partial charge in [0.05, 0.1) is 29.4 Å². The van der Waals surface area contributed by atoms with Crippen molar-refractivity contribution < 1.29 is 14.7 Å². The van der Waals surface area contributed by atoms with E-state index in [0.717, 1.165) is 5.69 Å². The lowest BCUT2D eigenvalue weighted by molar-refractivity contribution is -0.119. The first-order valence-corrected chi connectivity index (χ1v) is 8.76. The number of nitrogens with one attached hydrogen (secondary N) is 2. The number of hydrogen-bond donors (Lipinski definition) is 3. The Bertz CT molecular complexity index is 1010. The Morgan fingerprint density at radius 3 is 2.63 bits per heavy atom. The second kappa shape index (κ2) is 8.24. The highest BCUT2D eigenvalue weighted by Gasteiger charge is 2.13. The number of aromatic carboxylic acids is 1. The summed E-state index contributed by atoms with van der Waals surface area (Å²) in [6.07, 6.45) is 1.65. The van der Waals surface area contributed by atoms with E-state index in [1.807, 2.05) is 6.07 Å². The minimum absolute atomic E-state index is 0.0516. The number of anilines is 1. The molecule has 0 aliphatic heterocycles. The minimum Gasteiger partial charge on any atom is -0.478 e. The summed E-state index contributed by atoms with van der Waals surface area (Å²) in [5, 5.41) is 17.0. The molecule has 0 aliphatic rings. The highest BCUT2D eigenvalue weighted by Crippen LogP contribution is 2.34. The molecule has 8 heteroatoms. The lowest BCUT2D eigenvalue weighted by Crippen LogP contribution is -2.29. The molecule has 0 spiro atoms. The van der Waals surface area contributed by atoms with Crippen LogP contribution in [0.5, 0.6) is 0 Å². The summed E-state index contributed by atoms with van der Waals surface area (Å²) in [5.74, 6) is -1.35. The van der Waals surface area contributed by atoms with Crippen LogP contribution >= 0.6 is 23.2 Å². The lowest BCUT2D eigenvalue weighted by Gasteiger charge is -2.13. The van der Waals surface area contributed by atoms with Crippen molar-refractivity contribution in [2.24, 2.45) is 0 Å². The molecule has 0 saturated heterocycles. The van der Waals surface area contributed by atoms with E-state index in [0.29, 0.717) is 33.0 Å². The first kappa shape index (κ1) is 18.9. The van der Waals surface area contributed by atoms with Crippen LogP contribution in [0.1, 0.15) is 16.1 Å². The molecule has 138 valence electrons. The third-order valence-electron chi connectivity index (χ3n) is 3.84. The SMILES string of the molecule is O=C(CNc1cc(C(=O)O)cc2cc(Cl)cc(Cl)c12)NCc1ccccn1. The highest BCUT2D eigenvalue weighted by atomic mass is 35.5. The van der Waals surface area contributed by atoms with Gasteiger partial charge < -0.3 is 15.7 Å². The van der Waals surface area contributed by atoms with E-state index in [-0.39, 0.29) is 18.0 Å². The molecular formula is C19H15Cl2N3O3. The number of halogens is 2. The van der Waals surface area contributed by atoms with Crippen LogP contribution in [0, 0.1) is 0 Å². The van der Waals surface area contributed by atoms with Gasteiger partial charge in [-0.3, -0.25) is 9.78 Å². The fraction of sp³-hybridized carbons (Fsp3) is 0.105. The Morgan fingerprint density at radius 2 is 1.93 bits per heavy atom. The molecule has 0 atom stereocenters. The van der Waals surface area contributed by atoms with Crippen LogP contribution in [-0.4, -0.2) is 28.5 Å². The Morgan fingerprint density at radius 1 is 1.11 bits per heavy atom.